The second-order valence-corrected chi connectivity index (χ2v) is 8.51. The van der Waals surface area contributed by atoms with E-state index in [0.29, 0.717) is 48.3 Å². The summed E-state index contributed by atoms with van der Waals surface area (Å²) in [6.45, 7) is 1.68. The zero-order valence-corrected chi connectivity index (χ0v) is 18.4. The van der Waals surface area contributed by atoms with Gasteiger partial charge in [0.25, 0.3) is 0 Å². The van der Waals surface area contributed by atoms with Crippen molar-refractivity contribution in [2.75, 3.05) is 0 Å². The number of carbonyl (C=O) groups is 2. The lowest BCUT2D eigenvalue weighted by Crippen LogP contribution is -2.40. The second-order valence-electron chi connectivity index (χ2n) is 7.59. The van der Waals surface area contributed by atoms with E-state index in [1.807, 2.05) is 24.3 Å². The largest absolute Gasteiger partial charge is 0.414 e. The van der Waals surface area contributed by atoms with E-state index in [0.717, 1.165) is 10.0 Å². The highest BCUT2D eigenvalue weighted by molar-refractivity contribution is 9.10. The van der Waals surface area contributed by atoms with E-state index < -0.39 is 6.09 Å². The predicted molar refractivity (Wildman–Crippen MR) is 116 cm³/mol. The van der Waals surface area contributed by atoms with Crippen LogP contribution < -0.4 is 10.1 Å². The fourth-order valence-corrected chi connectivity index (χ4v) is 3.93. The Kier molecular flexibility index (Phi) is 6.24. The van der Waals surface area contributed by atoms with Crippen LogP contribution in [0.5, 0.6) is 5.88 Å². The number of H-pyrrole nitrogens is 1. The van der Waals surface area contributed by atoms with Gasteiger partial charge in [0.1, 0.15) is 11.5 Å². The number of nitrogens with zero attached hydrogens (tertiary/aromatic N) is 1. The van der Waals surface area contributed by atoms with Crippen molar-refractivity contribution in [2.24, 2.45) is 0 Å². The fourth-order valence-electron chi connectivity index (χ4n) is 3.67. The molecular weight excluding hydrogens is 466 g/mol. The van der Waals surface area contributed by atoms with Gasteiger partial charge >= 0.3 is 6.09 Å². The molecular formula is C22H22BrN3O5. The molecule has 3 aromatic rings. The Labute approximate surface area is 187 Å². The molecule has 2 aromatic heterocycles. The number of benzene rings is 1. The van der Waals surface area contributed by atoms with Crippen molar-refractivity contribution < 1.29 is 24.0 Å². The van der Waals surface area contributed by atoms with Gasteiger partial charge in [-0.05, 0) is 44.7 Å². The van der Waals surface area contributed by atoms with Gasteiger partial charge in [-0.15, -0.1) is 0 Å². The molecule has 1 saturated carbocycles. The van der Waals surface area contributed by atoms with Crippen LogP contribution in [0.25, 0.3) is 11.3 Å². The number of aliphatic hydroxyl groups excluding tert-OH is 1. The Morgan fingerprint density at radius 2 is 1.94 bits per heavy atom. The number of nitrogens with one attached hydrogen (secondary N) is 2. The molecule has 0 radical (unpaired) electrons. The quantitative estimate of drug-likeness (QED) is 0.460. The molecule has 0 atom stereocenters. The minimum Gasteiger partial charge on any atom is -0.393 e. The maximum absolute atomic E-state index is 13.1. The van der Waals surface area contributed by atoms with Crippen LogP contribution >= 0.6 is 15.9 Å². The number of aromatic nitrogens is 2. The SMILES string of the molecule is Cc1onc(-c2ccc(Br)cc2)c1C(=O)c1c[nH]c(OC(=O)NC2CCC(O)CC2)c1. The number of halogens is 1. The van der Waals surface area contributed by atoms with E-state index in [1.54, 1.807) is 6.92 Å². The Morgan fingerprint density at radius 1 is 1.23 bits per heavy atom. The minimum atomic E-state index is -0.598. The van der Waals surface area contributed by atoms with Crippen molar-refractivity contribution in [1.82, 2.24) is 15.5 Å². The fraction of sp³-hybridized carbons (Fsp3) is 0.318. The van der Waals surface area contributed by atoms with Crippen LogP contribution in [0.1, 0.15) is 47.4 Å². The highest BCUT2D eigenvalue weighted by Gasteiger charge is 2.25. The third-order valence-corrected chi connectivity index (χ3v) is 5.88. The van der Waals surface area contributed by atoms with Crippen LogP contribution in [0.2, 0.25) is 0 Å². The van der Waals surface area contributed by atoms with Crippen molar-refractivity contribution in [3.63, 3.8) is 0 Å². The summed E-state index contributed by atoms with van der Waals surface area (Å²) in [5, 5.41) is 16.4. The predicted octanol–water partition coefficient (Wildman–Crippen LogP) is 4.36. The topological polar surface area (TPSA) is 117 Å². The first-order valence-corrected chi connectivity index (χ1v) is 10.8. The Hall–Kier alpha value is -2.91. The van der Waals surface area contributed by atoms with E-state index in [2.05, 4.69) is 31.4 Å². The molecule has 9 heteroatoms. The molecule has 1 aliphatic rings. The molecule has 31 heavy (non-hydrogen) atoms. The summed E-state index contributed by atoms with van der Waals surface area (Å²) >= 11 is 3.39. The molecule has 4 rings (SSSR count). The van der Waals surface area contributed by atoms with Gasteiger partial charge < -0.3 is 24.7 Å². The first-order valence-electron chi connectivity index (χ1n) is 10.0. The third kappa shape index (κ3) is 4.88. The highest BCUT2D eigenvalue weighted by Crippen LogP contribution is 2.29. The molecule has 1 amide bonds. The van der Waals surface area contributed by atoms with Crippen LogP contribution in [-0.2, 0) is 0 Å². The summed E-state index contributed by atoms with van der Waals surface area (Å²) in [6.07, 6.45) is 3.32. The summed E-state index contributed by atoms with van der Waals surface area (Å²) < 4.78 is 11.5. The first kappa shape index (κ1) is 21.3. The second kappa shape index (κ2) is 9.07. The number of ketones is 1. The number of ether oxygens (including phenoxy) is 1. The number of hydrogen-bond donors (Lipinski definition) is 3. The molecule has 0 saturated heterocycles. The lowest BCUT2D eigenvalue weighted by Gasteiger charge is -2.25. The molecule has 8 nitrogen and oxygen atoms in total. The molecule has 0 unspecified atom stereocenters. The number of amides is 1. The van der Waals surface area contributed by atoms with Gasteiger partial charge in [-0.3, -0.25) is 4.79 Å². The number of aliphatic hydroxyl groups is 1. The summed E-state index contributed by atoms with van der Waals surface area (Å²) in [4.78, 5) is 28.1. The summed E-state index contributed by atoms with van der Waals surface area (Å²) in [5.41, 5.74) is 1.90. The van der Waals surface area contributed by atoms with Gasteiger partial charge in [-0.25, -0.2) is 4.79 Å². The zero-order valence-electron chi connectivity index (χ0n) is 16.9. The van der Waals surface area contributed by atoms with Gasteiger partial charge in [-0.2, -0.15) is 0 Å². The number of carbonyl (C=O) groups excluding carboxylic acids is 2. The summed E-state index contributed by atoms with van der Waals surface area (Å²) in [7, 11) is 0. The Bertz CT molecular complexity index is 1080. The van der Waals surface area contributed by atoms with Crippen molar-refractivity contribution in [2.45, 2.75) is 44.8 Å². The standard InChI is InChI=1S/C22H22BrN3O5/c1-12-19(20(26-31-12)13-2-4-15(23)5-3-13)21(28)14-10-18(24-11-14)30-22(29)25-16-6-8-17(27)9-7-16/h2-5,10-11,16-17,24,27H,6-9H2,1H3,(H,25,29). The Morgan fingerprint density at radius 3 is 2.65 bits per heavy atom. The van der Waals surface area contributed by atoms with Crippen molar-refractivity contribution >= 4 is 27.8 Å². The average molecular weight is 488 g/mol. The van der Waals surface area contributed by atoms with Gasteiger partial charge in [0.05, 0.1) is 11.7 Å². The monoisotopic (exact) mass is 487 g/mol. The first-order chi connectivity index (χ1) is 14.9. The average Bonchev–Trinajstić information content (AvgIpc) is 3.36. The van der Waals surface area contributed by atoms with Gasteiger partial charge in [0.2, 0.25) is 11.7 Å². The van der Waals surface area contributed by atoms with E-state index in [4.69, 9.17) is 9.26 Å². The van der Waals surface area contributed by atoms with Crippen molar-refractivity contribution in [1.29, 1.82) is 0 Å². The van der Waals surface area contributed by atoms with Crippen molar-refractivity contribution in [3.05, 3.63) is 57.9 Å². The molecule has 3 N–H and O–H groups in total. The normalized spacial score (nSPS) is 18.5. The lowest BCUT2D eigenvalue weighted by molar-refractivity contribution is 0.103. The lowest BCUT2D eigenvalue weighted by atomic mass is 9.93. The summed E-state index contributed by atoms with van der Waals surface area (Å²) in [5.74, 6) is 0.282. The molecule has 0 aliphatic heterocycles. The molecule has 0 bridgehead atoms. The van der Waals surface area contributed by atoms with E-state index in [-0.39, 0.29) is 23.8 Å². The van der Waals surface area contributed by atoms with Crippen LogP contribution in [-0.4, -0.2) is 39.3 Å². The van der Waals surface area contributed by atoms with E-state index >= 15 is 0 Å². The van der Waals surface area contributed by atoms with Crippen molar-refractivity contribution in [3.8, 4) is 17.1 Å². The highest BCUT2D eigenvalue weighted by atomic mass is 79.9. The van der Waals surface area contributed by atoms with Gasteiger partial charge in [-0.1, -0.05) is 33.2 Å². The van der Waals surface area contributed by atoms with Gasteiger partial charge in [0, 0.05) is 33.9 Å². The Balaban J connectivity index is 1.46. The molecule has 1 fully saturated rings. The van der Waals surface area contributed by atoms with Crippen LogP contribution in [0.4, 0.5) is 4.79 Å². The van der Waals surface area contributed by atoms with Gasteiger partial charge in [0.15, 0.2) is 0 Å². The maximum Gasteiger partial charge on any atom is 0.414 e. The van der Waals surface area contributed by atoms with Crippen LogP contribution in [0.3, 0.4) is 0 Å². The van der Waals surface area contributed by atoms with Crippen LogP contribution in [0, 0.1) is 6.92 Å². The van der Waals surface area contributed by atoms with E-state index in [9.17, 15) is 14.7 Å². The van der Waals surface area contributed by atoms with Crippen LogP contribution in [0.15, 0.2) is 45.5 Å². The molecule has 1 aromatic carbocycles. The molecule has 2 heterocycles. The minimum absolute atomic E-state index is 0.0277. The summed E-state index contributed by atoms with van der Waals surface area (Å²) in [6, 6.07) is 8.87. The number of hydrogen-bond acceptors (Lipinski definition) is 6. The molecule has 0 spiro atoms. The number of aromatic amines is 1. The van der Waals surface area contributed by atoms with E-state index in [1.165, 1.54) is 12.3 Å². The number of rotatable bonds is 5. The maximum atomic E-state index is 13.1. The molecule has 162 valence electrons. The zero-order chi connectivity index (χ0) is 22.0. The molecule has 1 aliphatic carbocycles. The number of aryl methyl sites for hydroxylation is 1. The third-order valence-electron chi connectivity index (χ3n) is 5.35. The smallest absolute Gasteiger partial charge is 0.393 e.